The molecule has 6 heteroatoms. The van der Waals surface area contributed by atoms with Crippen molar-refractivity contribution >= 4 is 39.9 Å². The minimum Gasteiger partial charge on any atom is -0.397 e. The molecule has 0 aliphatic heterocycles. The lowest BCUT2D eigenvalue weighted by Crippen LogP contribution is -2.41. The first-order chi connectivity index (χ1) is 8.31. The molecule has 1 amide bonds. The molecular formula is C12H17FIN3O. The first-order valence-corrected chi connectivity index (χ1v) is 6.70. The van der Waals surface area contributed by atoms with Crippen LogP contribution in [0.15, 0.2) is 12.1 Å². The fraction of sp³-hybridized carbons (Fsp3) is 0.417. The summed E-state index contributed by atoms with van der Waals surface area (Å²) < 4.78 is 13.9. The summed E-state index contributed by atoms with van der Waals surface area (Å²) in [6, 6.07) is 2.42. The van der Waals surface area contributed by atoms with Gasteiger partial charge in [-0.15, -0.1) is 0 Å². The van der Waals surface area contributed by atoms with Crippen molar-refractivity contribution in [3.8, 4) is 0 Å². The zero-order chi connectivity index (χ0) is 13.9. The van der Waals surface area contributed by atoms with Crippen molar-refractivity contribution in [3.05, 3.63) is 21.5 Å². The molecule has 1 unspecified atom stereocenters. The van der Waals surface area contributed by atoms with Crippen LogP contribution in [-0.2, 0) is 4.79 Å². The van der Waals surface area contributed by atoms with Crippen LogP contribution in [0.3, 0.4) is 0 Å². The fourth-order valence-electron chi connectivity index (χ4n) is 1.40. The second-order valence-electron chi connectivity index (χ2n) is 4.38. The Bertz CT molecular complexity index is 451. The number of nitrogens with two attached hydrogens (primary N) is 1. The molecule has 100 valence electrons. The molecule has 4 N–H and O–H groups in total. The second-order valence-corrected chi connectivity index (χ2v) is 5.55. The fourth-order valence-corrected chi connectivity index (χ4v) is 1.89. The third-order valence-electron chi connectivity index (χ3n) is 2.29. The van der Waals surface area contributed by atoms with Gasteiger partial charge in [-0.25, -0.2) is 4.39 Å². The lowest BCUT2D eigenvalue weighted by molar-refractivity contribution is -0.122. The van der Waals surface area contributed by atoms with Crippen LogP contribution in [0.5, 0.6) is 0 Å². The number of nitrogen functional groups attached to an aromatic ring is 1. The molecule has 1 rings (SSSR count). The summed E-state index contributed by atoms with van der Waals surface area (Å²) in [5.41, 5.74) is 6.63. The maximum Gasteiger partial charge on any atom is 0.242 e. The van der Waals surface area contributed by atoms with Crippen molar-refractivity contribution in [2.24, 2.45) is 0 Å². The van der Waals surface area contributed by atoms with E-state index in [9.17, 15) is 9.18 Å². The summed E-state index contributed by atoms with van der Waals surface area (Å²) in [5, 5.41) is 5.67. The Morgan fingerprint density at radius 2 is 2.00 bits per heavy atom. The Hall–Kier alpha value is -1.05. The van der Waals surface area contributed by atoms with Gasteiger partial charge in [0.1, 0.15) is 11.9 Å². The summed E-state index contributed by atoms with van der Waals surface area (Å²) in [6.07, 6.45) is 0. The predicted octanol–water partition coefficient (Wildman–Crippen LogP) is 2.34. The number of benzene rings is 1. The third kappa shape index (κ3) is 4.01. The highest BCUT2D eigenvalue weighted by molar-refractivity contribution is 14.1. The highest BCUT2D eigenvalue weighted by atomic mass is 127. The molecule has 0 fully saturated rings. The molecule has 0 spiro atoms. The van der Waals surface area contributed by atoms with Gasteiger partial charge in [0, 0.05) is 12.1 Å². The van der Waals surface area contributed by atoms with Crippen LogP contribution in [0.1, 0.15) is 20.8 Å². The number of carbonyl (C=O) groups excluding carboxylic acids is 1. The average Bonchev–Trinajstić information content (AvgIpc) is 2.24. The Labute approximate surface area is 120 Å². The topological polar surface area (TPSA) is 67.2 Å². The molecule has 18 heavy (non-hydrogen) atoms. The quantitative estimate of drug-likeness (QED) is 0.567. The van der Waals surface area contributed by atoms with Crippen molar-refractivity contribution in [1.29, 1.82) is 0 Å². The monoisotopic (exact) mass is 365 g/mol. The van der Waals surface area contributed by atoms with Gasteiger partial charge in [-0.1, -0.05) is 0 Å². The van der Waals surface area contributed by atoms with E-state index in [0.717, 1.165) is 0 Å². The molecule has 0 saturated heterocycles. The number of hydrogen-bond acceptors (Lipinski definition) is 3. The van der Waals surface area contributed by atoms with E-state index in [1.165, 1.54) is 12.1 Å². The molecule has 0 heterocycles. The molecule has 1 aromatic carbocycles. The van der Waals surface area contributed by atoms with Crippen LogP contribution in [-0.4, -0.2) is 18.0 Å². The van der Waals surface area contributed by atoms with Crippen LogP contribution in [0.2, 0.25) is 0 Å². The summed E-state index contributed by atoms with van der Waals surface area (Å²) in [6.45, 7) is 5.46. The van der Waals surface area contributed by atoms with Gasteiger partial charge < -0.3 is 16.4 Å². The van der Waals surface area contributed by atoms with E-state index in [1.54, 1.807) is 6.92 Å². The van der Waals surface area contributed by atoms with Crippen LogP contribution in [0.25, 0.3) is 0 Å². The van der Waals surface area contributed by atoms with E-state index in [2.05, 4.69) is 10.6 Å². The van der Waals surface area contributed by atoms with Gasteiger partial charge in [0.2, 0.25) is 5.91 Å². The SMILES string of the molecule is CC(C)NC(=O)C(C)Nc1cc(F)c(I)cc1N. The molecule has 0 aliphatic carbocycles. The van der Waals surface area contributed by atoms with E-state index >= 15 is 0 Å². The number of anilines is 2. The molecule has 0 radical (unpaired) electrons. The third-order valence-corrected chi connectivity index (χ3v) is 3.12. The Morgan fingerprint density at radius 1 is 1.39 bits per heavy atom. The lowest BCUT2D eigenvalue weighted by atomic mass is 10.2. The number of halogens is 2. The highest BCUT2D eigenvalue weighted by Crippen LogP contribution is 2.24. The molecule has 4 nitrogen and oxygen atoms in total. The van der Waals surface area contributed by atoms with Crippen molar-refractivity contribution < 1.29 is 9.18 Å². The highest BCUT2D eigenvalue weighted by Gasteiger charge is 2.15. The lowest BCUT2D eigenvalue weighted by Gasteiger charge is -2.18. The molecule has 0 aromatic heterocycles. The molecular weight excluding hydrogens is 348 g/mol. The normalized spacial score (nSPS) is 12.3. The molecule has 0 aliphatic rings. The van der Waals surface area contributed by atoms with Crippen LogP contribution >= 0.6 is 22.6 Å². The minimum atomic E-state index is -0.478. The van der Waals surface area contributed by atoms with Gasteiger partial charge in [-0.05, 0) is 49.4 Å². The van der Waals surface area contributed by atoms with Crippen LogP contribution in [0, 0.1) is 9.39 Å². The van der Waals surface area contributed by atoms with Crippen LogP contribution in [0.4, 0.5) is 15.8 Å². The summed E-state index contributed by atoms with van der Waals surface area (Å²) >= 11 is 1.87. The van der Waals surface area contributed by atoms with Gasteiger partial charge in [0.15, 0.2) is 0 Å². The van der Waals surface area contributed by atoms with E-state index in [-0.39, 0.29) is 17.8 Å². The number of carbonyl (C=O) groups is 1. The average molecular weight is 365 g/mol. The first kappa shape index (κ1) is 15.0. The summed E-state index contributed by atoms with van der Waals surface area (Å²) in [5.74, 6) is -0.507. The molecule has 1 aromatic rings. The molecule has 0 bridgehead atoms. The van der Waals surface area contributed by atoms with E-state index in [0.29, 0.717) is 14.9 Å². The first-order valence-electron chi connectivity index (χ1n) is 5.62. The van der Waals surface area contributed by atoms with Gasteiger partial charge in [-0.2, -0.15) is 0 Å². The number of nitrogens with one attached hydrogen (secondary N) is 2. The van der Waals surface area contributed by atoms with E-state index in [1.807, 2.05) is 36.4 Å². The van der Waals surface area contributed by atoms with Crippen molar-refractivity contribution in [2.75, 3.05) is 11.1 Å². The number of rotatable bonds is 4. The maximum atomic E-state index is 13.4. The molecule has 0 saturated carbocycles. The Morgan fingerprint density at radius 3 is 2.56 bits per heavy atom. The van der Waals surface area contributed by atoms with E-state index < -0.39 is 6.04 Å². The van der Waals surface area contributed by atoms with Crippen molar-refractivity contribution in [3.63, 3.8) is 0 Å². The summed E-state index contributed by atoms with van der Waals surface area (Å²) in [4.78, 5) is 11.7. The zero-order valence-electron chi connectivity index (χ0n) is 10.6. The largest absolute Gasteiger partial charge is 0.397 e. The Balaban J connectivity index is 2.79. The second kappa shape index (κ2) is 6.21. The maximum absolute atomic E-state index is 13.4. The Kier molecular flexibility index (Phi) is 5.18. The number of hydrogen-bond donors (Lipinski definition) is 3. The summed E-state index contributed by atoms with van der Waals surface area (Å²) in [7, 11) is 0. The number of amides is 1. The standard InChI is InChI=1S/C12H17FIN3O/c1-6(2)16-12(18)7(3)17-11-4-8(13)9(14)5-10(11)15/h4-7,17H,15H2,1-3H3,(H,16,18). The van der Waals surface area contributed by atoms with E-state index in [4.69, 9.17) is 5.73 Å². The van der Waals surface area contributed by atoms with Crippen molar-refractivity contribution in [2.45, 2.75) is 32.9 Å². The van der Waals surface area contributed by atoms with Gasteiger partial charge in [0.05, 0.1) is 14.9 Å². The van der Waals surface area contributed by atoms with Crippen LogP contribution < -0.4 is 16.4 Å². The van der Waals surface area contributed by atoms with Crippen molar-refractivity contribution in [1.82, 2.24) is 5.32 Å². The van der Waals surface area contributed by atoms with Gasteiger partial charge in [-0.3, -0.25) is 4.79 Å². The van der Waals surface area contributed by atoms with Gasteiger partial charge >= 0.3 is 0 Å². The minimum absolute atomic E-state index is 0.0626. The zero-order valence-corrected chi connectivity index (χ0v) is 12.7. The molecule has 1 atom stereocenters. The van der Waals surface area contributed by atoms with Gasteiger partial charge in [0.25, 0.3) is 0 Å². The predicted molar refractivity (Wildman–Crippen MR) is 79.9 cm³/mol. The smallest absolute Gasteiger partial charge is 0.242 e.